The van der Waals surface area contributed by atoms with E-state index in [0.29, 0.717) is 0 Å². The fourth-order valence-electron chi connectivity index (χ4n) is 2.43. The summed E-state index contributed by atoms with van der Waals surface area (Å²) >= 11 is 0. The van der Waals surface area contributed by atoms with Crippen molar-refractivity contribution >= 4 is 0 Å². The van der Waals surface area contributed by atoms with E-state index in [9.17, 15) is 0 Å². The molecule has 20 heavy (non-hydrogen) atoms. The Morgan fingerprint density at radius 3 is 2.55 bits per heavy atom. The van der Waals surface area contributed by atoms with Crippen molar-refractivity contribution in [2.24, 2.45) is 5.73 Å². The highest BCUT2D eigenvalue weighted by molar-refractivity contribution is 5.28. The van der Waals surface area contributed by atoms with Gasteiger partial charge in [-0.1, -0.05) is 12.1 Å². The van der Waals surface area contributed by atoms with Crippen LogP contribution in [0.1, 0.15) is 25.2 Å². The predicted molar refractivity (Wildman–Crippen MR) is 80.9 cm³/mol. The third kappa shape index (κ3) is 3.61. The molecule has 108 valence electrons. The molecular formula is C16H23N3O. The number of nitrogens with two attached hydrogens (primary N) is 1. The van der Waals surface area contributed by atoms with E-state index in [-0.39, 0.29) is 5.54 Å². The van der Waals surface area contributed by atoms with Gasteiger partial charge in [-0.3, -0.25) is 0 Å². The van der Waals surface area contributed by atoms with Crippen LogP contribution in [-0.2, 0) is 19.4 Å². The standard InChI is InChI=1S/C16H23N3O/c1-4-19-10-9-18-15(19)12-16(2,17)11-13-5-7-14(20-3)8-6-13/h5-10H,4,11-12,17H2,1-3H3. The van der Waals surface area contributed by atoms with Crippen molar-refractivity contribution in [2.75, 3.05) is 7.11 Å². The van der Waals surface area contributed by atoms with Crippen LogP contribution in [0.2, 0.25) is 0 Å². The van der Waals surface area contributed by atoms with Crippen molar-refractivity contribution in [1.29, 1.82) is 0 Å². The molecule has 1 aromatic heterocycles. The van der Waals surface area contributed by atoms with Crippen molar-refractivity contribution in [3.05, 3.63) is 48.0 Å². The smallest absolute Gasteiger partial charge is 0.118 e. The minimum Gasteiger partial charge on any atom is -0.497 e. The predicted octanol–water partition coefficient (Wildman–Crippen LogP) is 2.41. The van der Waals surface area contributed by atoms with E-state index in [4.69, 9.17) is 10.5 Å². The van der Waals surface area contributed by atoms with Crippen LogP contribution in [-0.4, -0.2) is 22.2 Å². The highest BCUT2D eigenvalue weighted by atomic mass is 16.5. The Morgan fingerprint density at radius 2 is 1.95 bits per heavy atom. The van der Waals surface area contributed by atoms with Crippen LogP contribution in [0.4, 0.5) is 0 Å². The first-order chi connectivity index (χ1) is 9.54. The molecule has 0 spiro atoms. The molecule has 4 nitrogen and oxygen atoms in total. The molecule has 1 atom stereocenters. The van der Waals surface area contributed by atoms with Crippen LogP contribution < -0.4 is 10.5 Å². The summed E-state index contributed by atoms with van der Waals surface area (Å²) < 4.78 is 7.31. The van der Waals surface area contributed by atoms with Crippen LogP contribution in [0.5, 0.6) is 5.75 Å². The molecule has 0 radical (unpaired) electrons. The lowest BCUT2D eigenvalue weighted by molar-refractivity contribution is 0.413. The van der Waals surface area contributed by atoms with Crippen molar-refractivity contribution < 1.29 is 4.74 Å². The van der Waals surface area contributed by atoms with Gasteiger partial charge in [-0.25, -0.2) is 4.98 Å². The number of aromatic nitrogens is 2. The summed E-state index contributed by atoms with van der Waals surface area (Å²) in [7, 11) is 1.67. The largest absolute Gasteiger partial charge is 0.497 e. The molecule has 0 aliphatic heterocycles. The molecule has 1 aromatic carbocycles. The molecule has 0 aliphatic carbocycles. The number of benzene rings is 1. The number of imidazole rings is 1. The molecule has 0 fully saturated rings. The van der Waals surface area contributed by atoms with Crippen molar-refractivity contribution in [3.8, 4) is 5.75 Å². The normalized spacial score (nSPS) is 14.0. The van der Waals surface area contributed by atoms with E-state index in [1.165, 1.54) is 5.56 Å². The summed E-state index contributed by atoms with van der Waals surface area (Å²) in [4.78, 5) is 4.40. The minimum atomic E-state index is -0.313. The minimum absolute atomic E-state index is 0.313. The third-order valence-electron chi connectivity index (χ3n) is 3.47. The Bertz CT molecular complexity index is 543. The maximum Gasteiger partial charge on any atom is 0.118 e. The van der Waals surface area contributed by atoms with Crippen LogP contribution >= 0.6 is 0 Å². The van der Waals surface area contributed by atoms with Gasteiger partial charge in [0.15, 0.2) is 0 Å². The molecular weight excluding hydrogens is 250 g/mol. The SMILES string of the molecule is CCn1ccnc1CC(C)(N)Cc1ccc(OC)cc1. The number of nitrogens with zero attached hydrogens (tertiary/aromatic N) is 2. The Kier molecular flexibility index (Phi) is 4.45. The number of methoxy groups -OCH3 is 1. The summed E-state index contributed by atoms with van der Waals surface area (Å²) in [6, 6.07) is 8.07. The van der Waals surface area contributed by atoms with E-state index < -0.39 is 0 Å². The molecule has 0 amide bonds. The van der Waals surface area contributed by atoms with Crippen LogP contribution in [0.15, 0.2) is 36.7 Å². The molecule has 1 heterocycles. The highest BCUT2D eigenvalue weighted by Crippen LogP contribution is 2.18. The first kappa shape index (κ1) is 14.6. The fraction of sp³-hybridized carbons (Fsp3) is 0.438. The first-order valence-electron chi connectivity index (χ1n) is 6.96. The second kappa shape index (κ2) is 6.09. The second-order valence-electron chi connectivity index (χ2n) is 5.49. The second-order valence-corrected chi connectivity index (χ2v) is 5.49. The Balaban J connectivity index is 2.06. The molecule has 1 unspecified atom stereocenters. The Hall–Kier alpha value is -1.81. The number of aryl methyl sites for hydroxylation is 1. The summed E-state index contributed by atoms with van der Waals surface area (Å²) in [5.41, 5.74) is 7.35. The number of hydrogen-bond acceptors (Lipinski definition) is 3. The van der Waals surface area contributed by atoms with Crippen LogP contribution in [0.3, 0.4) is 0 Å². The number of hydrogen-bond donors (Lipinski definition) is 1. The molecule has 0 aliphatic rings. The fourth-order valence-corrected chi connectivity index (χ4v) is 2.43. The summed E-state index contributed by atoms with van der Waals surface area (Å²) in [6.07, 6.45) is 5.41. The number of ether oxygens (including phenoxy) is 1. The van der Waals surface area contributed by atoms with Gasteiger partial charge in [0.05, 0.1) is 7.11 Å². The molecule has 2 N–H and O–H groups in total. The summed E-state index contributed by atoms with van der Waals surface area (Å²) in [5, 5.41) is 0. The average molecular weight is 273 g/mol. The van der Waals surface area contributed by atoms with E-state index >= 15 is 0 Å². The maximum atomic E-state index is 6.45. The van der Waals surface area contributed by atoms with Gasteiger partial charge in [-0.05, 0) is 38.0 Å². The quantitative estimate of drug-likeness (QED) is 0.879. The van der Waals surface area contributed by atoms with E-state index in [1.807, 2.05) is 24.5 Å². The molecule has 0 bridgehead atoms. The van der Waals surface area contributed by atoms with Gasteiger partial charge in [0.2, 0.25) is 0 Å². The topological polar surface area (TPSA) is 53.1 Å². The molecule has 2 aromatic rings. The zero-order valence-corrected chi connectivity index (χ0v) is 12.5. The number of rotatable bonds is 6. The maximum absolute atomic E-state index is 6.45. The van der Waals surface area contributed by atoms with Gasteiger partial charge in [-0.15, -0.1) is 0 Å². The lowest BCUT2D eigenvalue weighted by atomic mass is 9.90. The lowest BCUT2D eigenvalue weighted by Crippen LogP contribution is -2.41. The van der Waals surface area contributed by atoms with Crippen molar-refractivity contribution in [2.45, 2.75) is 38.8 Å². The average Bonchev–Trinajstić information content (AvgIpc) is 2.85. The summed E-state index contributed by atoms with van der Waals surface area (Å²) in [6.45, 7) is 5.11. The van der Waals surface area contributed by atoms with E-state index in [2.05, 4.69) is 35.5 Å². The van der Waals surface area contributed by atoms with Crippen LogP contribution in [0.25, 0.3) is 0 Å². The lowest BCUT2D eigenvalue weighted by Gasteiger charge is -2.25. The van der Waals surface area contributed by atoms with Gasteiger partial charge >= 0.3 is 0 Å². The third-order valence-corrected chi connectivity index (χ3v) is 3.47. The Morgan fingerprint density at radius 1 is 1.25 bits per heavy atom. The van der Waals surface area contributed by atoms with Gasteiger partial charge < -0.3 is 15.0 Å². The van der Waals surface area contributed by atoms with E-state index in [1.54, 1.807) is 7.11 Å². The monoisotopic (exact) mass is 273 g/mol. The first-order valence-corrected chi connectivity index (χ1v) is 6.96. The van der Waals surface area contributed by atoms with Gasteiger partial charge in [-0.2, -0.15) is 0 Å². The Labute approximate surface area is 120 Å². The van der Waals surface area contributed by atoms with Gasteiger partial charge in [0.25, 0.3) is 0 Å². The summed E-state index contributed by atoms with van der Waals surface area (Å²) in [5.74, 6) is 1.92. The molecule has 2 rings (SSSR count). The highest BCUT2D eigenvalue weighted by Gasteiger charge is 2.22. The molecule has 4 heteroatoms. The zero-order valence-electron chi connectivity index (χ0n) is 12.5. The van der Waals surface area contributed by atoms with Crippen LogP contribution in [0, 0.1) is 0 Å². The van der Waals surface area contributed by atoms with Crippen molar-refractivity contribution in [3.63, 3.8) is 0 Å². The molecule has 0 saturated carbocycles. The van der Waals surface area contributed by atoms with Crippen molar-refractivity contribution in [1.82, 2.24) is 9.55 Å². The van der Waals surface area contributed by atoms with E-state index in [0.717, 1.165) is 31.0 Å². The van der Waals surface area contributed by atoms with Gasteiger partial charge in [0, 0.05) is 30.9 Å². The zero-order chi connectivity index (χ0) is 14.6. The van der Waals surface area contributed by atoms with Gasteiger partial charge in [0.1, 0.15) is 11.6 Å². The molecule has 0 saturated heterocycles.